The summed E-state index contributed by atoms with van der Waals surface area (Å²) in [6, 6.07) is 10.6. The minimum absolute atomic E-state index is 0.730. The van der Waals surface area contributed by atoms with Crippen molar-refractivity contribution in [2.24, 2.45) is 5.92 Å². The first-order valence-corrected chi connectivity index (χ1v) is 4.90. The maximum Gasteiger partial charge on any atom is 0.120 e. The predicted octanol–water partition coefficient (Wildman–Crippen LogP) is 2.77. The summed E-state index contributed by atoms with van der Waals surface area (Å²) in [6.07, 6.45) is 4.11. The minimum Gasteiger partial charge on any atom is -0.303 e. The molecule has 0 radical (unpaired) electrons. The van der Waals surface area contributed by atoms with E-state index in [1.165, 1.54) is 12.0 Å². The largest absolute Gasteiger partial charge is 0.303 e. The summed E-state index contributed by atoms with van der Waals surface area (Å²) in [5.41, 5.74) is 1.44. The fraction of sp³-hybridized carbons (Fsp3) is 0.417. The Morgan fingerprint density at radius 3 is 2.77 bits per heavy atom. The highest BCUT2D eigenvalue weighted by Gasteiger charge is 2.36. The van der Waals surface area contributed by atoms with Crippen molar-refractivity contribution in [2.45, 2.75) is 25.2 Å². The average Bonchev–Trinajstić information content (AvgIpc) is 2.95. The Balaban J connectivity index is 1.89. The smallest absolute Gasteiger partial charge is 0.120 e. The van der Waals surface area contributed by atoms with Gasteiger partial charge >= 0.3 is 0 Å². The Labute approximate surface area is 78.8 Å². The van der Waals surface area contributed by atoms with Crippen molar-refractivity contribution in [1.29, 1.82) is 0 Å². The third-order valence-corrected chi connectivity index (χ3v) is 2.81. The Bertz CT molecular complexity index is 278. The van der Waals surface area contributed by atoms with Crippen LogP contribution in [-0.4, -0.2) is 6.29 Å². The Morgan fingerprint density at radius 2 is 2.08 bits per heavy atom. The van der Waals surface area contributed by atoms with Crippen LogP contribution in [0.2, 0.25) is 0 Å². The zero-order chi connectivity index (χ0) is 9.10. The molecular weight excluding hydrogens is 160 g/mol. The van der Waals surface area contributed by atoms with E-state index in [4.69, 9.17) is 0 Å². The Kier molecular flexibility index (Phi) is 2.44. The van der Waals surface area contributed by atoms with Crippen molar-refractivity contribution in [3.63, 3.8) is 0 Å². The summed E-state index contributed by atoms with van der Waals surface area (Å²) >= 11 is 0. The van der Waals surface area contributed by atoms with Crippen LogP contribution in [0.5, 0.6) is 0 Å². The van der Waals surface area contributed by atoms with Gasteiger partial charge in [0, 0.05) is 6.42 Å². The highest BCUT2D eigenvalue weighted by molar-refractivity contribution is 5.49. The molecule has 0 bridgehead atoms. The van der Waals surface area contributed by atoms with E-state index in [1.807, 2.05) is 6.07 Å². The van der Waals surface area contributed by atoms with Crippen LogP contribution < -0.4 is 0 Å². The van der Waals surface area contributed by atoms with Crippen LogP contribution in [0.15, 0.2) is 30.3 Å². The molecule has 0 unspecified atom stereocenters. The first-order valence-electron chi connectivity index (χ1n) is 4.90. The van der Waals surface area contributed by atoms with Gasteiger partial charge in [0.1, 0.15) is 6.29 Å². The van der Waals surface area contributed by atoms with E-state index in [-0.39, 0.29) is 0 Å². The van der Waals surface area contributed by atoms with Gasteiger partial charge in [-0.3, -0.25) is 0 Å². The number of rotatable bonds is 4. The van der Waals surface area contributed by atoms with Crippen molar-refractivity contribution in [2.75, 3.05) is 0 Å². The molecule has 0 amide bonds. The van der Waals surface area contributed by atoms with E-state index < -0.39 is 0 Å². The van der Waals surface area contributed by atoms with E-state index >= 15 is 0 Å². The van der Waals surface area contributed by atoms with E-state index in [9.17, 15) is 4.79 Å². The van der Waals surface area contributed by atoms with Gasteiger partial charge in [-0.25, -0.2) is 0 Å². The molecule has 0 heterocycles. The third-order valence-electron chi connectivity index (χ3n) is 2.81. The van der Waals surface area contributed by atoms with Crippen LogP contribution in [0.4, 0.5) is 0 Å². The van der Waals surface area contributed by atoms with Crippen molar-refractivity contribution >= 4 is 6.29 Å². The lowest BCUT2D eigenvalue weighted by Crippen LogP contribution is -1.84. The topological polar surface area (TPSA) is 17.1 Å². The van der Waals surface area contributed by atoms with Gasteiger partial charge in [-0.1, -0.05) is 30.3 Å². The first kappa shape index (κ1) is 8.49. The molecular formula is C12H14O. The summed E-state index contributed by atoms with van der Waals surface area (Å²) in [4.78, 5) is 10.2. The molecule has 0 aliphatic heterocycles. The van der Waals surface area contributed by atoms with Gasteiger partial charge in [0.15, 0.2) is 0 Å². The number of hydrogen-bond acceptors (Lipinski definition) is 1. The van der Waals surface area contributed by atoms with Crippen molar-refractivity contribution in [3.05, 3.63) is 35.9 Å². The van der Waals surface area contributed by atoms with Crippen LogP contribution in [0.3, 0.4) is 0 Å². The second-order valence-corrected chi connectivity index (χ2v) is 3.76. The van der Waals surface area contributed by atoms with Gasteiger partial charge in [-0.2, -0.15) is 0 Å². The average molecular weight is 174 g/mol. The van der Waals surface area contributed by atoms with Gasteiger partial charge in [-0.15, -0.1) is 0 Å². The molecule has 2 atom stereocenters. The molecule has 2 rings (SSSR count). The molecule has 1 aliphatic carbocycles. The lowest BCUT2D eigenvalue weighted by atomic mass is 10.1. The van der Waals surface area contributed by atoms with Crippen LogP contribution in [0.1, 0.15) is 30.7 Å². The molecule has 1 fully saturated rings. The molecule has 0 aromatic heterocycles. The number of carbonyl (C=O) groups excluding carboxylic acids is 1. The highest BCUT2D eigenvalue weighted by atomic mass is 16.1. The van der Waals surface area contributed by atoms with Crippen LogP contribution >= 0.6 is 0 Å². The molecule has 1 saturated carbocycles. The Hall–Kier alpha value is -1.11. The van der Waals surface area contributed by atoms with E-state index in [0.29, 0.717) is 0 Å². The molecule has 0 saturated heterocycles. The van der Waals surface area contributed by atoms with Crippen LogP contribution in [0, 0.1) is 5.92 Å². The second kappa shape index (κ2) is 3.73. The van der Waals surface area contributed by atoms with Gasteiger partial charge in [-0.05, 0) is 30.2 Å². The molecule has 1 aromatic carbocycles. The van der Waals surface area contributed by atoms with Gasteiger partial charge in [0.05, 0.1) is 0 Å². The molecule has 1 aromatic rings. The van der Waals surface area contributed by atoms with Crippen LogP contribution in [-0.2, 0) is 4.79 Å². The zero-order valence-corrected chi connectivity index (χ0v) is 7.65. The first-order chi connectivity index (χ1) is 6.42. The summed E-state index contributed by atoms with van der Waals surface area (Å²) in [5, 5.41) is 0. The number of carbonyl (C=O) groups is 1. The lowest BCUT2D eigenvalue weighted by Gasteiger charge is -1.97. The zero-order valence-electron chi connectivity index (χ0n) is 7.65. The molecule has 1 aliphatic rings. The monoisotopic (exact) mass is 174 g/mol. The van der Waals surface area contributed by atoms with Gasteiger partial charge in [0.25, 0.3) is 0 Å². The standard InChI is InChI=1S/C12H14O/c13-8-4-7-11-9-12(11)10-5-2-1-3-6-10/h1-3,5-6,8,11-12H,4,7,9H2/t11-,12+/m0/s1. The molecule has 68 valence electrons. The molecule has 0 N–H and O–H groups in total. The summed E-state index contributed by atoms with van der Waals surface area (Å²) in [6.45, 7) is 0. The molecule has 0 spiro atoms. The fourth-order valence-electron chi connectivity index (χ4n) is 1.96. The van der Waals surface area contributed by atoms with Crippen LogP contribution in [0.25, 0.3) is 0 Å². The second-order valence-electron chi connectivity index (χ2n) is 3.76. The van der Waals surface area contributed by atoms with Gasteiger partial charge < -0.3 is 4.79 Å². The summed E-state index contributed by atoms with van der Waals surface area (Å²) < 4.78 is 0. The van der Waals surface area contributed by atoms with Crippen molar-refractivity contribution < 1.29 is 4.79 Å². The molecule has 13 heavy (non-hydrogen) atoms. The van der Waals surface area contributed by atoms with Crippen molar-refractivity contribution in [1.82, 2.24) is 0 Å². The Morgan fingerprint density at radius 1 is 1.31 bits per heavy atom. The maximum absolute atomic E-state index is 10.2. The SMILES string of the molecule is O=CCC[C@H]1C[C@@H]1c1ccccc1. The molecule has 1 heteroatoms. The summed E-state index contributed by atoms with van der Waals surface area (Å²) in [7, 11) is 0. The normalized spacial score (nSPS) is 25.5. The summed E-state index contributed by atoms with van der Waals surface area (Å²) in [5.74, 6) is 1.51. The quantitative estimate of drug-likeness (QED) is 0.641. The van der Waals surface area contributed by atoms with Crippen molar-refractivity contribution in [3.8, 4) is 0 Å². The third kappa shape index (κ3) is 1.97. The minimum atomic E-state index is 0.730. The number of aldehydes is 1. The lowest BCUT2D eigenvalue weighted by molar-refractivity contribution is -0.108. The van der Waals surface area contributed by atoms with E-state index in [2.05, 4.69) is 24.3 Å². The maximum atomic E-state index is 10.2. The highest BCUT2D eigenvalue weighted by Crippen LogP contribution is 2.49. The van der Waals surface area contributed by atoms with E-state index in [0.717, 1.165) is 31.0 Å². The van der Waals surface area contributed by atoms with Gasteiger partial charge in [0.2, 0.25) is 0 Å². The predicted molar refractivity (Wildman–Crippen MR) is 52.6 cm³/mol. The van der Waals surface area contributed by atoms with E-state index in [1.54, 1.807) is 0 Å². The molecule has 1 nitrogen and oxygen atoms in total. The number of hydrogen-bond donors (Lipinski definition) is 0. The number of benzene rings is 1. The fourth-order valence-corrected chi connectivity index (χ4v) is 1.96.